The molecule has 38 heavy (non-hydrogen) atoms. The number of amides is 4. The molecule has 14 heteroatoms. The molecular formula is C24H34N6O7S. The van der Waals surface area contributed by atoms with Crippen molar-refractivity contribution in [1.82, 2.24) is 20.9 Å². The lowest BCUT2D eigenvalue weighted by atomic mass is 10.0. The van der Waals surface area contributed by atoms with Gasteiger partial charge in [-0.3, -0.25) is 19.2 Å². The first-order valence-electron chi connectivity index (χ1n) is 11.9. The van der Waals surface area contributed by atoms with Gasteiger partial charge in [0, 0.05) is 29.9 Å². The summed E-state index contributed by atoms with van der Waals surface area (Å²) in [4.78, 5) is 64.5. The predicted octanol–water partition coefficient (Wildman–Crippen LogP) is -1.41. The van der Waals surface area contributed by atoms with E-state index in [0.717, 1.165) is 16.5 Å². The molecule has 0 spiro atoms. The van der Waals surface area contributed by atoms with Crippen LogP contribution in [0.5, 0.6) is 0 Å². The SMILES string of the molecule is CSCCC(NC(=O)C(Cc1c[nH]c2ccccc12)NC(=O)C(N)CO)C(=O)NC(CCC(N)=O)C(=O)O. The minimum absolute atomic E-state index is 0.0486. The number of aromatic amines is 1. The standard InChI is InChI=1S/C24H34N6O7S/c1-38-9-8-17(22(34)29-18(24(36)37)6-7-20(26)32)28-23(35)19(30-21(33)15(25)12-31)10-13-11-27-16-5-3-2-4-14(13)16/h2-5,11,15,17-19,27,31H,6-10,12,25H2,1H3,(H2,26,32)(H,28,35)(H,29,34)(H,30,33)(H,36,37). The highest BCUT2D eigenvalue weighted by molar-refractivity contribution is 7.98. The molecule has 10 N–H and O–H groups in total. The minimum atomic E-state index is -1.38. The number of H-pyrrole nitrogens is 1. The van der Waals surface area contributed by atoms with E-state index in [4.69, 9.17) is 11.5 Å². The lowest BCUT2D eigenvalue weighted by Gasteiger charge is -2.25. The third-order valence-electron chi connectivity index (χ3n) is 5.80. The summed E-state index contributed by atoms with van der Waals surface area (Å²) in [5.74, 6) is -3.80. The van der Waals surface area contributed by atoms with Crippen molar-refractivity contribution in [2.24, 2.45) is 11.5 Å². The average molecular weight is 551 g/mol. The second-order valence-corrected chi connectivity index (χ2v) is 9.65. The first-order chi connectivity index (χ1) is 18.1. The van der Waals surface area contributed by atoms with Crippen LogP contribution in [-0.2, 0) is 30.4 Å². The molecule has 2 aromatic rings. The molecule has 2 rings (SSSR count). The molecule has 0 saturated carbocycles. The highest BCUT2D eigenvalue weighted by Gasteiger charge is 2.30. The normalized spacial score (nSPS) is 14.2. The molecule has 4 amide bonds. The van der Waals surface area contributed by atoms with E-state index >= 15 is 0 Å². The van der Waals surface area contributed by atoms with Gasteiger partial charge in [-0.2, -0.15) is 11.8 Å². The molecule has 0 saturated heterocycles. The Morgan fingerprint density at radius 2 is 1.61 bits per heavy atom. The highest BCUT2D eigenvalue weighted by atomic mass is 32.2. The van der Waals surface area contributed by atoms with E-state index in [1.54, 1.807) is 12.5 Å². The van der Waals surface area contributed by atoms with Gasteiger partial charge in [-0.15, -0.1) is 0 Å². The number of para-hydroxylation sites is 1. The summed E-state index contributed by atoms with van der Waals surface area (Å²) < 4.78 is 0. The number of rotatable bonds is 16. The zero-order valence-corrected chi connectivity index (χ0v) is 21.8. The van der Waals surface area contributed by atoms with Crippen LogP contribution in [0, 0.1) is 0 Å². The van der Waals surface area contributed by atoms with Crippen molar-refractivity contribution < 1.29 is 34.2 Å². The van der Waals surface area contributed by atoms with E-state index in [2.05, 4.69) is 20.9 Å². The Kier molecular flexibility index (Phi) is 12.0. The van der Waals surface area contributed by atoms with E-state index < -0.39 is 60.4 Å². The summed E-state index contributed by atoms with van der Waals surface area (Å²) in [5.41, 5.74) is 12.3. The summed E-state index contributed by atoms with van der Waals surface area (Å²) >= 11 is 1.42. The Labute approximate surface area is 223 Å². The van der Waals surface area contributed by atoms with Gasteiger partial charge in [-0.1, -0.05) is 18.2 Å². The number of primary amides is 1. The maximum absolute atomic E-state index is 13.4. The summed E-state index contributed by atoms with van der Waals surface area (Å²) in [5, 5.41) is 27.0. The van der Waals surface area contributed by atoms with Gasteiger partial charge in [0.15, 0.2) is 0 Å². The van der Waals surface area contributed by atoms with Crippen LogP contribution in [0.4, 0.5) is 0 Å². The predicted molar refractivity (Wildman–Crippen MR) is 142 cm³/mol. The summed E-state index contributed by atoms with van der Waals surface area (Å²) in [6.07, 6.45) is 3.27. The summed E-state index contributed by atoms with van der Waals surface area (Å²) in [7, 11) is 0. The number of aliphatic carboxylic acids is 1. The topological polar surface area (TPSA) is 230 Å². The van der Waals surface area contributed by atoms with E-state index in [0.29, 0.717) is 5.75 Å². The molecule has 1 aromatic heterocycles. The van der Waals surface area contributed by atoms with Crippen LogP contribution >= 0.6 is 11.8 Å². The number of carbonyl (C=O) groups is 5. The van der Waals surface area contributed by atoms with Crippen molar-refractivity contribution in [3.05, 3.63) is 36.0 Å². The van der Waals surface area contributed by atoms with Gasteiger partial charge in [0.05, 0.1) is 6.61 Å². The number of hydrogen-bond donors (Lipinski definition) is 8. The van der Waals surface area contributed by atoms with Gasteiger partial charge < -0.3 is 42.6 Å². The Morgan fingerprint density at radius 3 is 2.24 bits per heavy atom. The Morgan fingerprint density at radius 1 is 0.974 bits per heavy atom. The number of aromatic nitrogens is 1. The Bertz CT molecular complexity index is 1140. The minimum Gasteiger partial charge on any atom is -0.480 e. The largest absolute Gasteiger partial charge is 0.480 e. The van der Waals surface area contributed by atoms with Gasteiger partial charge in [0.1, 0.15) is 24.2 Å². The number of carboxylic acid groups (broad SMARTS) is 1. The monoisotopic (exact) mass is 550 g/mol. The van der Waals surface area contributed by atoms with E-state index in [1.807, 2.05) is 24.3 Å². The quantitative estimate of drug-likeness (QED) is 0.122. The van der Waals surface area contributed by atoms with Gasteiger partial charge in [0.25, 0.3) is 0 Å². The van der Waals surface area contributed by atoms with Crippen LogP contribution < -0.4 is 27.4 Å². The van der Waals surface area contributed by atoms with Crippen LogP contribution in [0.2, 0.25) is 0 Å². The Hall–Kier alpha value is -3.62. The second kappa shape index (κ2) is 15.0. The number of aliphatic hydroxyl groups excluding tert-OH is 1. The van der Waals surface area contributed by atoms with Crippen LogP contribution in [0.1, 0.15) is 24.8 Å². The third kappa shape index (κ3) is 9.04. The van der Waals surface area contributed by atoms with Crippen molar-refractivity contribution >= 4 is 52.3 Å². The number of carboxylic acids is 1. The van der Waals surface area contributed by atoms with Crippen LogP contribution in [0.3, 0.4) is 0 Å². The smallest absolute Gasteiger partial charge is 0.326 e. The maximum Gasteiger partial charge on any atom is 0.326 e. The fourth-order valence-electron chi connectivity index (χ4n) is 3.68. The van der Waals surface area contributed by atoms with Crippen molar-refractivity contribution in [2.75, 3.05) is 18.6 Å². The van der Waals surface area contributed by atoms with Gasteiger partial charge in [0.2, 0.25) is 23.6 Å². The first-order valence-corrected chi connectivity index (χ1v) is 13.3. The number of aliphatic hydroxyl groups is 1. The molecule has 4 atom stereocenters. The molecule has 0 bridgehead atoms. The molecule has 0 aliphatic heterocycles. The maximum atomic E-state index is 13.4. The van der Waals surface area contributed by atoms with Crippen molar-refractivity contribution in [2.45, 2.75) is 49.9 Å². The van der Waals surface area contributed by atoms with Crippen molar-refractivity contribution in [3.63, 3.8) is 0 Å². The molecule has 4 unspecified atom stereocenters. The number of benzene rings is 1. The second-order valence-electron chi connectivity index (χ2n) is 8.66. The van der Waals surface area contributed by atoms with Gasteiger partial charge >= 0.3 is 5.97 Å². The zero-order chi connectivity index (χ0) is 28.2. The van der Waals surface area contributed by atoms with Gasteiger partial charge in [-0.25, -0.2) is 4.79 Å². The molecule has 1 aromatic carbocycles. The van der Waals surface area contributed by atoms with Crippen LogP contribution in [0.25, 0.3) is 10.9 Å². The van der Waals surface area contributed by atoms with E-state index in [9.17, 15) is 34.2 Å². The summed E-state index contributed by atoms with van der Waals surface area (Å²) in [6.45, 7) is -0.631. The Balaban J connectivity index is 2.25. The molecule has 0 radical (unpaired) electrons. The fourth-order valence-corrected chi connectivity index (χ4v) is 4.16. The third-order valence-corrected chi connectivity index (χ3v) is 6.45. The summed E-state index contributed by atoms with van der Waals surface area (Å²) in [6, 6.07) is 2.46. The molecule has 1 heterocycles. The molecule has 13 nitrogen and oxygen atoms in total. The van der Waals surface area contributed by atoms with Crippen molar-refractivity contribution in [1.29, 1.82) is 0 Å². The number of nitrogens with two attached hydrogens (primary N) is 2. The number of fused-ring (bicyclic) bond motifs is 1. The van der Waals surface area contributed by atoms with Crippen LogP contribution in [0.15, 0.2) is 30.5 Å². The highest BCUT2D eigenvalue weighted by Crippen LogP contribution is 2.19. The van der Waals surface area contributed by atoms with Crippen LogP contribution in [-0.4, -0.2) is 87.6 Å². The zero-order valence-electron chi connectivity index (χ0n) is 20.9. The first kappa shape index (κ1) is 30.6. The average Bonchev–Trinajstić information content (AvgIpc) is 3.30. The van der Waals surface area contributed by atoms with Gasteiger partial charge in [-0.05, 0) is 36.5 Å². The number of thioether (sulfide) groups is 1. The number of carbonyl (C=O) groups excluding carboxylic acids is 4. The fraction of sp³-hybridized carbons (Fsp3) is 0.458. The van der Waals surface area contributed by atoms with E-state index in [1.165, 1.54) is 11.8 Å². The lowest BCUT2D eigenvalue weighted by molar-refractivity contribution is -0.142. The van der Waals surface area contributed by atoms with E-state index in [-0.39, 0.29) is 25.7 Å². The number of hydrogen-bond acceptors (Lipinski definition) is 8. The van der Waals surface area contributed by atoms with Crippen molar-refractivity contribution in [3.8, 4) is 0 Å². The molecule has 0 aliphatic carbocycles. The molecule has 208 valence electrons. The number of nitrogens with one attached hydrogen (secondary N) is 4. The molecule has 0 aliphatic rings. The molecule has 0 fully saturated rings. The molecular weight excluding hydrogens is 516 g/mol. The lowest BCUT2D eigenvalue weighted by Crippen LogP contribution is -2.58.